The first-order valence-electron chi connectivity index (χ1n) is 9.59. The van der Waals surface area contributed by atoms with Crippen LogP contribution in [0.5, 0.6) is 11.5 Å². The highest BCUT2D eigenvalue weighted by Crippen LogP contribution is 2.35. The lowest BCUT2D eigenvalue weighted by Crippen LogP contribution is -2.05. The van der Waals surface area contributed by atoms with Crippen molar-refractivity contribution in [2.75, 3.05) is 12.5 Å². The van der Waals surface area contributed by atoms with E-state index in [1.165, 1.54) is 11.8 Å². The largest absolute Gasteiger partial charge is 0.454 e. The van der Waals surface area contributed by atoms with E-state index in [0.717, 1.165) is 28.4 Å². The number of carbonyl (C=O) groups is 1. The van der Waals surface area contributed by atoms with E-state index < -0.39 is 0 Å². The van der Waals surface area contributed by atoms with Crippen molar-refractivity contribution in [3.8, 4) is 28.6 Å². The molecule has 4 heterocycles. The summed E-state index contributed by atoms with van der Waals surface area (Å²) in [6, 6.07) is 11.3. The average Bonchev–Trinajstić information content (AvgIpc) is 3.51. The average molecular weight is 434 g/mol. The van der Waals surface area contributed by atoms with Crippen LogP contribution in [0.3, 0.4) is 0 Å². The highest BCUT2D eigenvalue weighted by molar-refractivity contribution is 7.99. The molecule has 5 rings (SSSR count). The number of thioether (sulfide) groups is 1. The second-order valence-corrected chi connectivity index (χ2v) is 7.91. The van der Waals surface area contributed by atoms with Crippen molar-refractivity contribution in [3.05, 3.63) is 65.7 Å². The third-order valence-electron chi connectivity index (χ3n) is 4.99. The van der Waals surface area contributed by atoms with E-state index in [0.29, 0.717) is 22.4 Å². The van der Waals surface area contributed by atoms with Gasteiger partial charge in [0, 0.05) is 41.1 Å². The van der Waals surface area contributed by atoms with Crippen LogP contribution in [0.4, 0.5) is 0 Å². The predicted molar refractivity (Wildman–Crippen MR) is 114 cm³/mol. The maximum atomic E-state index is 12.9. The Kier molecular flexibility index (Phi) is 4.95. The number of aromatic nitrogens is 4. The fourth-order valence-corrected chi connectivity index (χ4v) is 4.19. The molecule has 3 aromatic heterocycles. The minimum atomic E-state index is -0.00813. The molecule has 9 heteroatoms. The Bertz CT molecular complexity index is 1270. The second-order valence-electron chi connectivity index (χ2n) is 6.98. The summed E-state index contributed by atoms with van der Waals surface area (Å²) in [5, 5.41) is 8.39. The number of ketones is 1. The number of benzene rings is 1. The smallest absolute Gasteiger partial charge is 0.277 e. The molecule has 4 aromatic rings. The number of carbonyl (C=O) groups excluding carboxylic acids is 1. The predicted octanol–water partition coefficient (Wildman–Crippen LogP) is 4.24. The molecule has 0 amide bonds. The number of nitrogens with zero attached hydrogens (tertiary/aromatic N) is 4. The van der Waals surface area contributed by atoms with E-state index in [-0.39, 0.29) is 18.3 Å². The van der Waals surface area contributed by atoms with Crippen molar-refractivity contribution < 1.29 is 18.7 Å². The van der Waals surface area contributed by atoms with Gasteiger partial charge in [0.15, 0.2) is 17.3 Å². The normalized spacial score (nSPS) is 12.3. The van der Waals surface area contributed by atoms with Crippen molar-refractivity contribution in [3.63, 3.8) is 0 Å². The molecule has 0 aliphatic carbocycles. The third kappa shape index (κ3) is 3.68. The van der Waals surface area contributed by atoms with Gasteiger partial charge in [0.05, 0.1) is 11.3 Å². The fraction of sp³-hybridized carbons (Fsp3) is 0.182. The Morgan fingerprint density at radius 2 is 2.00 bits per heavy atom. The van der Waals surface area contributed by atoms with Gasteiger partial charge in [-0.3, -0.25) is 9.78 Å². The summed E-state index contributed by atoms with van der Waals surface area (Å²) >= 11 is 1.22. The number of Topliss-reactive ketones (excluding diaryl/α,β-unsaturated/α-hetero) is 1. The van der Waals surface area contributed by atoms with Crippen molar-refractivity contribution >= 4 is 17.5 Å². The van der Waals surface area contributed by atoms with Gasteiger partial charge < -0.3 is 18.5 Å². The van der Waals surface area contributed by atoms with Crippen LogP contribution in [0, 0.1) is 13.8 Å². The standard InChI is InChI=1S/C22H18N4O4S/c1-13-8-17(14(2)26(13)16-5-6-19-20(9-16)29-12-28-19)18(27)11-31-22-25-24-21(30-22)15-4-3-7-23-10-15/h3-10H,11-12H2,1-2H3. The number of fused-ring (bicyclic) bond motifs is 1. The number of pyridine rings is 1. The first-order valence-corrected chi connectivity index (χ1v) is 10.6. The lowest BCUT2D eigenvalue weighted by Gasteiger charge is -2.10. The molecule has 31 heavy (non-hydrogen) atoms. The molecule has 0 bridgehead atoms. The van der Waals surface area contributed by atoms with Crippen LogP contribution in [0.1, 0.15) is 21.7 Å². The Morgan fingerprint density at radius 3 is 2.84 bits per heavy atom. The Balaban J connectivity index is 1.33. The SMILES string of the molecule is Cc1cc(C(=O)CSc2nnc(-c3cccnc3)o2)c(C)n1-c1ccc2c(c1)OCO2. The molecule has 0 N–H and O–H groups in total. The molecule has 0 atom stereocenters. The Hall–Kier alpha value is -3.59. The highest BCUT2D eigenvalue weighted by atomic mass is 32.2. The molecule has 1 aliphatic heterocycles. The zero-order valence-electron chi connectivity index (χ0n) is 16.9. The van der Waals surface area contributed by atoms with Crippen LogP contribution < -0.4 is 9.47 Å². The Morgan fingerprint density at radius 1 is 1.13 bits per heavy atom. The first kappa shape index (κ1) is 19.4. The minimum Gasteiger partial charge on any atom is -0.454 e. The summed E-state index contributed by atoms with van der Waals surface area (Å²) in [7, 11) is 0. The Labute approximate surface area is 182 Å². The molecule has 0 radical (unpaired) electrons. The van der Waals surface area contributed by atoms with Crippen molar-refractivity contribution in [1.82, 2.24) is 19.7 Å². The quantitative estimate of drug-likeness (QED) is 0.329. The van der Waals surface area contributed by atoms with Crippen molar-refractivity contribution in [2.45, 2.75) is 19.1 Å². The van der Waals surface area contributed by atoms with Gasteiger partial charge in [-0.05, 0) is 44.2 Å². The van der Waals surface area contributed by atoms with Gasteiger partial charge in [0.25, 0.3) is 5.22 Å². The van der Waals surface area contributed by atoms with Crippen LogP contribution >= 0.6 is 11.8 Å². The number of aryl methyl sites for hydroxylation is 1. The van der Waals surface area contributed by atoms with Gasteiger partial charge >= 0.3 is 0 Å². The van der Waals surface area contributed by atoms with Crippen LogP contribution in [-0.4, -0.2) is 38.1 Å². The van der Waals surface area contributed by atoms with Gasteiger partial charge in [-0.25, -0.2) is 0 Å². The molecule has 0 spiro atoms. The molecule has 0 unspecified atom stereocenters. The monoisotopic (exact) mass is 434 g/mol. The topological polar surface area (TPSA) is 92.3 Å². The van der Waals surface area contributed by atoms with E-state index in [9.17, 15) is 4.79 Å². The molecule has 0 fully saturated rings. The molecule has 1 aliphatic rings. The van der Waals surface area contributed by atoms with E-state index in [1.54, 1.807) is 18.5 Å². The number of ether oxygens (including phenoxy) is 2. The number of rotatable bonds is 6. The van der Waals surface area contributed by atoms with E-state index in [1.807, 2.05) is 48.7 Å². The summed E-state index contributed by atoms with van der Waals surface area (Å²) in [6.07, 6.45) is 3.33. The lowest BCUT2D eigenvalue weighted by atomic mass is 10.2. The molecular formula is C22H18N4O4S. The van der Waals surface area contributed by atoms with E-state index >= 15 is 0 Å². The van der Waals surface area contributed by atoms with Gasteiger partial charge in [-0.1, -0.05) is 11.8 Å². The lowest BCUT2D eigenvalue weighted by molar-refractivity contribution is 0.102. The van der Waals surface area contributed by atoms with Crippen molar-refractivity contribution in [2.24, 2.45) is 0 Å². The zero-order chi connectivity index (χ0) is 21.4. The van der Waals surface area contributed by atoms with Crippen LogP contribution in [0.15, 0.2) is 58.4 Å². The van der Waals surface area contributed by atoms with E-state index in [4.69, 9.17) is 13.9 Å². The van der Waals surface area contributed by atoms with Crippen LogP contribution in [0.25, 0.3) is 17.1 Å². The molecule has 0 saturated carbocycles. The third-order valence-corrected chi connectivity index (χ3v) is 5.81. The van der Waals surface area contributed by atoms with Gasteiger partial charge in [-0.15, -0.1) is 10.2 Å². The summed E-state index contributed by atoms with van der Waals surface area (Å²) in [5.74, 6) is 1.99. The maximum absolute atomic E-state index is 12.9. The van der Waals surface area contributed by atoms with Gasteiger partial charge in [0.1, 0.15) is 0 Å². The number of hydrogen-bond acceptors (Lipinski definition) is 8. The van der Waals surface area contributed by atoms with Gasteiger partial charge in [0.2, 0.25) is 12.7 Å². The maximum Gasteiger partial charge on any atom is 0.277 e. The van der Waals surface area contributed by atoms with Gasteiger partial charge in [-0.2, -0.15) is 0 Å². The number of hydrogen-bond donors (Lipinski definition) is 0. The molecule has 1 aromatic carbocycles. The summed E-state index contributed by atoms with van der Waals surface area (Å²) in [5.41, 5.74) is 4.14. The van der Waals surface area contributed by atoms with E-state index in [2.05, 4.69) is 15.2 Å². The highest BCUT2D eigenvalue weighted by Gasteiger charge is 2.20. The second kappa shape index (κ2) is 7.92. The molecular weight excluding hydrogens is 416 g/mol. The first-order chi connectivity index (χ1) is 15.1. The zero-order valence-corrected chi connectivity index (χ0v) is 17.7. The fourth-order valence-electron chi connectivity index (χ4n) is 3.55. The molecule has 156 valence electrons. The summed E-state index contributed by atoms with van der Waals surface area (Å²) < 4.78 is 18.5. The summed E-state index contributed by atoms with van der Waals surface area (Å²) in [4.78, 5) is 17.0. The molecule has 8 nitrogen and oxygen atoms in total. The van der Waals surface area contributed by atoms with Crippen molar-refractivity contribution in [1.29, 1.82) is 0 Å². The van der Waals surface area contributed by atoms with Crippen LogP contribution in [-0.2, 0) is 0 Å². The van der Waals surface area contributed by atoms with Crippen LogP contribution in [0.2, 0.25) is 0 Å². The molecule has 0 saturated heterocycles. The minimum absolute atomic E-state index is 0.00813. The summed E-state index contributed by atoms with van der Waals surface area (Å²) in [6.45, 7) is 4.13.